The van der Waals surface area contributed by atoms with Crippen LogP contribution in [-0.4, -0.2) is 72.3 Å². The SMILES string of the molecule is CCCN(CC(=O)N(Cc1ccc(F)cc1)C1CCN(C(=O)C(c2ccccc2)c2ccccc2)CC1)S(=O)(=O)CCC. The minimum atomic E-state index is -3.57. The molecule has 0 spiro atoms. The zero-order valence-electron chi connectivity index (χ0n) is 25.1. The predicted molar refractivity (Wildman–Crippen MR) is 167 cm³/mol. The first-order chi connectivity index (χ1) is 20.7. The van der Waals surface area contributed by atoms with E-state index >= 15 is 0 Å². The summed E-state index contributed by atoms with van der Waals surface area (Å²) < 4.78 is 40.8. The van der Waals surface area contributed by atoms with Gasteiger partial charge in [-0.1, -0.05) is 86.6 Å². The van der Waals surface area contributed by atoms with Crippen LogP contribution in [0.5, 0.6) is 0 Å². The van der Waals surface area contributed by atoms with E-state index in [0.29, 0.717) is 38.8 Å². The molecule has 0 N–H and O–H groups in total. The molecule has 0 aliphatic carbocycles. The van der Waals surface area contributed by atoms with Gasteiger partial charge in [0.25, 0.3) is 0 Å². The molecule has 3 aromatic rings. The number of hydrogen-bond acceptors (Lipinski definition) is 4. The summed E-state index contributed by atoms with van der Waals surface area (Å²) in [6.45, 7) is 4.91. The summed E-state index contributed by atoms with van der Waals surface area (Å²) in [6.07, 6.45) is 2.18. The summed E-state index contributed by atoms with van der Waals surface area (Å²) >= 11 is 0. The fourth-order valence-electron chi connectivity index (χ4n) is 5.75. The number of sulfonamides is 1. The van der Waals surface area contributed by atoms with Crippen molar-refractivity contribution in [3.63, 3.8) is 0 Å². The summed E-state index contributed by atoms with van der Waals surface area (Å²) in [4.78, 5) is 31.4. The number of carbonyl (C=O) groups excluding carboxylic acids is 2. The third-order valence-corrected chi connectivity index (χ3v) is 9.98. The van der Waals surface area contributed by atoms with E-state index in [1.165, 1.54) is 16.4 Å². The predicted octanol–water partition coefficient (Wildman–Crippen LogP) is 5.43. The van der Waals surface area contributed by atoms with Gasteiger partial charge in [-0.15, -0.1) is 0 Å². The van der Waals surface area contributed by atoms with E-state index in [1.807, 2.05) is 72.5 Å². The molecule has 0 unspecified atom stereocenters. The normalized spacial score (nSPS) is 14.3. The molecule has 0 radical (unpaired) electrons. The lowest BCUT2D eigenvalue weighted by Gasteiger charge is -2.40. The molecule has 0 aromatic heterocycles. The Morgan fingerprint density at radius 2 is 1.42 bits per heavy atom. The Morgan fingerprint density at radius 3 is 1.93 bits per heavy atom. The lowest BCUT2D eigenvalue weighted by molar-refractivity contribution is -0.137. The van der Waals surface area contributed by atoms with Crippen molar-refractivity contribution >= 4 is 21.8 Å². The second-order valence-electron chi connectivity index (χ2n) is 11.1. The number of piperidine rings is 1. The van der Waals surface area contributed by atoms with Crippen LogP contribution in [0.4, 0.5) is 4.39 Å². The van der Waals surface area contributed by atoms with Gasteiger partial charge >= 0.3 is 0 Å². The Balaban J connectivity index is 1.53. The molecule has 43 heavy (non-hydrogen) atoms. The van der Waals surface area contributed by atoms with Crippen molar-refractivity contribution in [3.8, 4) is 0 Å². The van der Waals surface area contributed by atoms with Gasteiger partial charge in [0.05, 0.1) is 18.2 Å². The van der Waals surface area contributed by atoms with Gasteiger partial charge in [0.15, 0.2) is 0 Å². The van der Waals surface area contributed by atoms with Crippen molar-refractivity contribution in [2.24, 2.45) is 0 Å². The van der Waals surface area contributed by atoms with E-state index in [-0.39, 0.29) is 49.1 Å². The Labute approximate surface area is 255 Å². The number of nitrogens with zero attached hydrogens (tertiary/aromatic N) is 3. The molecule has 1 fully saturated rings. The summed E-state index contributed by atoms with van der Waals surface area (Å²) in [7, 11) is -3.57. The van der Waals surface area contributed by atoms with Crippen molar-refractivity contribution in [1.82, 2.24) is 14.1 Å². The van der Waals surface area contributed by atoms with Crippen molar-refractivity contribution < 1.29 is 22.4 Å². The Bertz CT molecular complexity index is 1390. The molecule has 0 bridgehead atoms. The minimum Gasteiger partial charge on any atom is -0.342 e. The highest BCUT2D eigenvalue weighted by atomic mass is 32.2. The van der Waals surface area contributed by atoms with Crippen LogP contribution >= 0.6 is 0 Å². The number of hydrogen-bond donors (Lipinski definition) is 0. The quantitative estimate of drug-likeness (QED) is 0.260. The maximum Gasteiger partial charge on any atom is 0.238 e. The van der Waals surface area contributed by atoms with Crippen LogP contribution in [0.2, 0.25) is 0 Å². The van der Waals surface area contributed by atoms with Crippen LogP contribution in [0.25, 0.3) is 0 Å². The van der Waals surface area contributed by atoms with Crippen LogP contribution in [0.15, 0.2) is 84.9 Å². The van der Waals surface area contributed by atoms with Crippen molar-refractivity contribution in [2.45, 2.75) is 58.0 Å². The second-order valence-corrected chi connectivity index (χ2v) is 13.2. The molecule has 7 nitrogen and oxygen atoms in total. The van der Waals surface area contributed by atoms with Gasteiger partial charge in [-0.05, 0) is 54.5 Å². The number of carbonyl (C=O) groups is 2. The molecule has 1 heterocycles. The standard InChI is InChI=1S/C34H42FN3O4S/c1-3-21-37(43(41,42)24-4-2)26-32(39)38(25-27-15-17-30(35)18-16-27)31-19-22-36(23-20-31)34(40)33(28-11-7-5-8-12-28)29-13-9-6-10-14-29/h5-18,31,33H,3-4,19-26H2,1-2H3. The van der Waals surface area contributed by atoms with Gasteiger partial charge < -0.3 is 9.80 Å². The molecule has 1 aliphatic rings. The summed E-state index contributed by atoms with van der Waals surface area (Å²) in [6, 6.07) is 25.3. The molecule has 1 saturated heterocycles. The number of rotatable bonds is 13. The van der Waals surface area contributed by atoms with Crippen molar-refractivity contribution in [3.05, 3.63) is 107 Å². The van der Waals surface area contributed by atoms with E-state index in [9.17, 15) is 22.4 Å². The van der Waals surface area contributed by atoms with E-state index in [0.717, 1.165) is 16.7 Å². The minimum absolute atomic E-state index is 0.0112. The average molecular weight is 608 g/mol. The number of halogens is 1. The highest BCUT2D eigenvalue weighted by molar-refractivity contribution is 7.89. The first-order valence-corrected chi connectivity index (χ1v) is 16.7. The molecule has 3 aromatic carbocycles. The van der Waals surface area contributed by atoms with Gasteiger partial charge in [0.2, 0.25) is 21.8 Å². The maximum atomic E-state index is 14.0. The average Bonchev–Trinajstić information content (AvgIpc) is 3.02. The molecule has 1 aliphatic heterocycles. The van der Waals surface area contributed by atoms with Crippen LogP contribution in [-0.2, 0) is 26.2 Å². The molecule has 230 valence electrons. The third-order valence-electron chi connectivity index (χ3n) is 7.96. The van der Waals surface area contributed by atoms with E-state index in [1.54, 1.807) is 24.0 Å². The van der Waals surface area contributed by atoms with E-state index in [4.69, 9.17) is 0 Å². The first-order valence-electron chi connectivity index (χ1n) is 15.1. The third kappa shape index (κ3) is 8.51. The zero-order valence-corrected chi connectivity index (χ0v) is 25.9. The highest BCUT2D eigenvalue weighted by Gasteiger charge is 2.35. The van der Waals surface area contributed by atoms with Crippen LogP contribution in [0, 0.1) is 5.82 Å². The number of amides is 2. The lowest BCUT2D eigenvalue weighted by Crippen LogP contribution is -2.52. The number of likely N-dealkylation sites (tertiary alicyclic amines) is 1. The fraction of sp³-hybridized carbons (Fsp3) is 0.412. The Morgan fingerprint density at radius 1 is 0.860 bits per heavy atom. The van der Waals surface area contributed by atoms with Crippen LogP contribution in [0.3, 0.4) is 0 Å². The zero-order chi connectivity index (χ0) is 30.8. The molecule has 0 saturated carbocycles. The van der Waals surface area contributed by atoms with Crippen LogP contribution in [0.1, 0.15) is 62.1 Å². The smallest absolute Gasteiger partial charge is 0.238 e. The molecule has 0 atom stereocenters. The van der Waals surface area contributed by atoms with Gasteiger partial charge in [-0.3, -0.25) is 9.59 Å². The van der Waals surface area contributed by atoms with Crippen molar-refractivity contribution in [1.29, 1.82) is 0 Å². The molecule has 2 amide bonds. The second kappa shape index (κ2) is 15.3. The van der Waals surface area contributed by atoms with Crippen molar-refractivity contribution in [2.75, 3.05) is 31.9 Å². The summed E-state index contributed by atoms with van der Waals surface area (Å²) in [5, 5.41) is 0. The Kier molecular flexibility index (Phi) is 11.5. The van der Waals surface area contributed by atoms with Crippen LogP contribution < -0.4 is 0 Å². The summed E-state index contributed by atoms with van der Waals surface area (Å²) in [5.41, 5.74) is 2.62. The largest absolute Gasteiger partial charge is 0.342 e. The first kappa shape index (κ1) is 32.4. The fourth-order valence-corrected chi connectivity index (χ4v) is 7.29. The van der Waals surface area contributed by atoms with E-state index in [2.05, 4.69) is 0 Å². The Hall–Kier alpha value is -3.56. The molecule has 9 heteroatoms. The topological polar surface area (TPSA) is 78.0 Å². The lowest BCUT2D eigenvalue weighted by atomic mass is 9.89. The van der Waals surface area contributed by atoms with E-state index < -0.39 is 15.9 Å². The number of benzene rings is 3. The van der Waals surface area contributed by atoms with Gasteiger partial charge in [0, 0.05) is 32.2 Å². The highest BCUT2D eigenvalue weighted by Crippen LogP contribution is 2.29. The van der Waals surface area contributed by atoms with Gasteiger partial charge in [-0.2, -0.15) is 4.31 Å². The molecular weight excluding hydrogens is 565 g/mol. The maximum absolute atomic E-state index is 14.0. The van der Waals surface area contributed by atoms with Gasteiger partial charge in [-0.25, -0.2) is 12.8 Å². The summed E-state index contributed by atoms with van der Waals surface area (Å²) in [5.74, 6) is -1.06. The van der Waals surface area contributed by atoms with Gasteiger partial charge in [0.1, 0.15) is 5.82 Å². The molecular formula is C34H42FN3O4S. The monoisotopic (exact) mass is 607 g/mol. The molecule has 4 rings (SSSR count).